The third-order valence-corrected chi connectivity index (χ3v) is 7.04. The van der Waals surface area contributed by atoms with Crippen LogP contribution in [-0.4, -0.2) is 43.3 Å². The molecule has 0 spiro atoms. The van der Waals surface area contributed by atoms with Gasteiger partial charge >= 0.3 is 0 Å². The Morgan fingerprint density at radius 1 is 0.975 bits per heavy atom. The first-order valence-electron chi connectivity index (χ1n) is 12.7. The second-order valence-electron chi connectivity index (χ2n) is 9.66. The summed E-state index contributed by atoms with van der Waals surface area (Å²) in [5.41, 5.74) is 6.84. The molecule has 8 heteroatoms. The molecule has 0 unspecified atom stereocenters. The molecule has 0 aliphatic heterocycles. The fourth-order valence-corrected chi connectivity index (χ4v) is 5.12. The zero-order chi connectivity index (χ0) is 28.0. The second kappa shape index (κ2) is 9.81. The van der Waals surface area contributed by atoms with Crippen LogP contribution in [0.4, 0.5) is 10.1 Å². The molecule has 0 fully saturated rings. The van der Waals surface area contributed by atoms with Gasteiger partial charge in [-0.3, -0.25) is 9.59 Å². The summed E-state index contributed by atoms with van der Waals surface area (Å²) in [5, 5.41) is 4.10. The third-order valence-electron chi connectivity index (χ3n) is 7.04. The van der Waals surface area contributed by atoms with Gasteiger partial charge in [-0.2, -0.15) is 0 Å². The van der Waals surface area contributed by atoms with Crippen LogP contribution in [0.2, 0.25) is 0 Å². The number of halogens is 1. The minimum absolute atomic E-state index is 0.309. The average Bonchev–Trinajstić information content (AvgIpc) is 3.54. The van der Waals surface area contributed by atoms with Crippen molar-refractivity contribution in [3.8, 4) is 33.7 Å². The van der Waals surface area contributed by atoms with Crippen molar-refractivity contribution in [1.82, 2.24) is 15.3 Å². The molecular weight excluding hydrogens is 507 g/mol. The molecule has 3 heterocycles. The van der Waals surface area contributed by atoms with Crippen molar-refractivity contribution >= 4 is 39.9 Å². The van der Waals surface area contributed by atoms with Crippen molar-refractivity contribution in [2.24, 2.45) is 0 Å². The molecule has 7 nitrogen and oxygen atoms in total. The summed E-state index contributed by atoms with van der Waals surface area (Å²) >= 11 is 0. The molecular formula is C32H25FN4O3. The van der Waals surface area contributed by atoms with E-state index in [4.69, 9.17) is 4.42 Å². The van der Waals surface area contributed by atoms with E-state index in [0.29, 0.717) is 44.8 Å². The topological polar surface area (TPSA) is 91.2 Å². The number of amides is 1. The summed E-state index contributed by atoms with van der Waals surface area (Å²) in [5.74, 6) is -0.315. The number of aldehydes is 1. The number of carbonyl (C=O) groups is 2. The minimum Gasteiger partial charge on any atom is -0.455 e. The average molecular weight is 533 g/mol. The molecule has 0 aliphatic carbocycles. The monoisotopic (exact) mass is 532 g/mol. The van der Waals surface area contributed by atoms with E-state index in [-0.39, 0.29) is 11.7 Å². The molecule has 0 atom stereocenters. The van der Waals surface area contributed by atoms with Crippen LogP contribution in [0.15, 0.2) is 83.4 Å². The van der Waals surface area contributed by atoms with E-state index in [1.54, 1.807) is 31.4 Å². The number of aromatic amines is 1. The van der Waals surface area contributed by atoms with Crippen LogP contribution in [-0.2, 0) is 0 Å². The van der Waals surface area contributed by atoms with Gasteiger partial charge in [0.05, 0.1) is 11.3 Å². The van der Waals surface area contributed by atoms with Gasteiger partial charge in [0.2, 0.25) is 0 Å². The van der Waals surface area contributed by atoms with Crippen molar-refractivity contribution in [2.75, 3.05) is 26.0 Å². The zero-order valence-electron chi connectivity index (χ0n) is 22.1. The van der Waals surface area contributed by atoms with Crippen LogP contribution in [0.25, 0.3) is 55.7 Å². The highest BCUT2D eigenvalue weighted by Crippen LogP contribution is 2.41. The number of benzene rings is 3. The lowest BCUT2D eigenvalue weighted by atomic mass is 9.96. The summed E-state index contributed by atoms with van der Waals surface area (Å²) < 4.78 is 19.9. The molecule has 3 aromatic heterocycles. The Labute approximate surface area is 229 Å². The number of aromatic nitrogens is 2. The summed E-state index contributed by atoms with van der Waals surface area (Å²) in [4.78, 5) is 34.8. The predicted molar refractivity (Wildman–Crippen MR) is 155 cm³/mol. The number of H-pyrrole nitrogens is 1. The van der Waals surface area contributed by atoms with Crippen LogP contribution >= 0.6 is 0 Å². The number of fused-ring (bicyclic) bond motifs is 2. The van der Waals surface area contributed by atoms with Gasteiger partial charge in [-0.1, -0.05) is 18.2 Å². The van der Waals surface area contributed by atoms with Gasteiger partial charge in [-0.25, -0.2) is 9.37 Å². The Morgan fingerprint density at radius 2 is 1.75 bits per heavy atom. The highest BCUT2D eigenvalue weighted by Gasteiger charge is 2.24. The van der Waals surface area contributed by atoms with E-state index >= 15 is 0 Å². The van der Waals surface area contributed by atoms with Gasteiger partial charge < -0.3 is 19.6 Å². The van der Waals surface area contributed by atoms with Gasteiger partial charge in [0.25, 0.3) is 5.91 Å². The first kappa shape index (κ1) is 25.1. The normalized spacial score (nSPS) is 11.2. The summed E-state index contributed by atoms with van der Waals surface area (Å²) in [6, 6.07) is 21.2. The number of nitrogens with one attached hydrogen (secondary N) is 2. The van der Waals surface area contributed by atoms with E-state index < -0.39 is 0 Å². The summed E-state index contributed by atoms with van der Waals surface area (Å²) in [6.45, 7) is 0. The van der Waals surface area contributed by atoms with Crippen molar-refractivity contribution in [3.63, 3.8) is 0 Å². The predicted octanol–water partition coefficient (Wildman–Crippen LogP) is 6.69. The maximum atomic E-state index is 13.6. The molecule has 0 bridgehead atoms. The number of furan rings is 1. The van der Waals surface area contributed by atoms with Gasteiger partial charge in [-0.15, -0.1) is 0 Å². The Kier molecular flexibility index (Phi) is 6.15. The smallest absolute Gasteiger partial charge is 0.255 e. The Hall–Kier alpha value is -5.24. The maximum absolute atomic E-state index is 13.6. The van der Waals surface area contributed by atoms with Crippen LogP contribution in [0.3, 0.4) is 0 Å². The van der Waals surface area contributed by atoms with Gasteiger partial charge in [0.1, 0.15) is 22.8 Å². The summed E-state index contributed by atoms with van der Waals surface area (Å²) in [6.07, 6.45) is 2.53. The molecule has 40 heavy (non-hydrogen) atoms. The summed E-state index contributed by atoms with van der Waals surface area (Å²) in [7, 11) is 5.44. The number of hydrogen-bond acceptors (Lipinski definition) is 5. The zero-order valence-corrected chi connectivity index (χ0v) is 22.1. The fourth-order valence-electron chi connectivity index (χ4n) is 5.12. The van der Waals surface area contributed by atoms with E-state index in [2.05, 4.69) is 15.3 Å². The standard InChI is InChI=1S/C32H25FN4O3/c1-34-32(39)28-24-15-23(26(37(2)3)16-27(24)40-30(28)18-9-11-21(33)12-10-18)19-6-4-7-20(14-19)29-25(17-38)22-8-5-13-35-31(22)36-29/h4-17H,1-3H3,(H,34,39)(H,35,36). The Morgan fingerprint density at radius 3 is 2.48 bits per heavy atom. The second-order valence-corrected chi connectivity index (χ2v) is 9.66. The number of nitrogens with zero attached hydrogens (tertiary/aromatic N) is 2. The third kappa shape index (κ3) is 4.10. The molecule has 6 rings (SSSR count). The number of carbonyl (C=O) groups excluding carboxylic acids is 2. The van der Waals surface area contributed by atoms with Crippen molar-refractivity contribution in [1.29, 1.82) is 0 Å². The van der Waals surface area contributed by atoms with Crippen LogP contribution in [0.5, 0.6) is 0 Å². The number of rotatable bonds is 6. The van der Waals surface area contributed by atoms with Crippen molar-refractivity contribution < 1.29 is 18.4 Å². The first-order chi connectivity index (χ1) is 19.4. The highest BCUT2D eigenvalue weighted by molar-refractivity contribution is 6.13. The fraction of sp³-hybridized carbons (Fsp3) is 0.0938. The number of anilines is 1. The van der Waals surface area contributed by atoms with Crippen molar-refractivity contribution in [3.05, 3.63) is 95.9 Å². The highest BCUT2D eigenvalue weighted by atomic mass is 19.1. The molecule has 0 radical (unpaired) electrons. The molecule has 3 aromatic carbocycles. The van der Waals surface area contributed by atoms with E-state index in [1.807, 2.05) is 61.5 Å². The molecule has 0 saturated carbocycles. The largest absolute Gasteiger partial charge is 0.455 e. The lowest BCUT2D eigenvalue weighted by molar-refractivity contribution is 0.0964. The van der Waals surface area contributed by atoms with Gasteiger partial charge in [0.15, 0.2) is 6.29 Å². The molecule has 0 saturated heterocycles. The van der Waals surface area contributed by atoms with E-state index in [0.717, 1.165) is 34.1 Å². The van der Waals surface area contributed by atoms with Crippen LogP contribution < -0.4 is 10.2 Å². The van der Waals surface area contributed by atoms with E-state index in [9.17, 15) is 14.0 Å². The SMILES string of the molecule is CNC(=O)c1c(-c2ccc(F)cc2)oc2cc(N(C)C)c(-c3cccc(-c4[nH]c5ncccc5c4C=O)c3)cc12. The van der Waals surface area contributed by atoms with Crippen LogP contribution in [0, 0.1) is 5.82 Å². The minimum atomic E-state index is -0.373. The molecule has 6 aromatic rings. The lowest BCUT2D eigenvalue weighted by Crippen LogP contribution is -2.18. The molecule has 0 aliphatic rings. The van der Waals surface area contributed by atoms with Gasteiger partial charge in [-0.05, 0) is 59.7 Å². The Balaban J connectivity index is 1.58. The number of pyridine rings is 1. The maximum Gasteiger partial charge on any atom is 0.255 e. The lowest BCUT2D eigenvalue weighted by Gasteiger charge is -2.18. The molecule has 1 amide bonds. The first-order valence-corrected chi connectivity index (χ1v) is 12.7. The Bertz CT molecular complexity index is 1920. The molecule has 2 N–H and O–H groups in total. The quantitative estimate of drug-likeness (QED) is 0.233. The van der Waals surface area contributed by atoms with Crippen LogP contribution in [0.1, 0.15) is 20.7 Å². The molecule has 198 valence electrons. The van der Waals surface area contributed by atoms with Crippen molar-refractivity contribution in [2.45, 2.75) is 0 Å². The number of hydrogen-bond donors (Lipinski definition) is 2. The van der Waals surface area contributed by atoms with E-state index in [1.165, 1.54) is 12.1 Å². The van der Waals surface area contributed by atoms with Gasteiger partial charge in [0, 0.05) is 66.6 Å².